The quantitative estimate of drug-likeness (QED) is 0.894. The summed E-state index contributed by atoms with van der Waals surface area (Å²) in [6.45, 7) is 6.95. The number of halogens is 1. The Balaban J connectivity index is 0.00000220. The van der Waals surface area contributed by atoms with Gasteiger partial charge in [-0.25, -0.2) is 9.97 Å². The largest absolute Gasteiger partial charge is 0.338 e. The van der Waals surface area contributed by atoms with Crippen LogP contribution in [-0.4, -0.2) is 53.0 Å². The third kappa shape index (κ3) is 4.28. The van der Waals surface area contributed by atoms with Gasteiger partial charge in [-0.15, -0.1) is 12.4 Å². The number of nitrogens with two attached hydrogens (primary N) is 1. The van der Waals surface area contributed by atoms with Crippen LogP contribution in [0.25, 0.3) is 0 Å². The van der Waals surface area contributed by atoms with Gasteiger partial charge in [0.2, 0.25) is 11.9 Å². The lowest BCUT2D eigenvalue weighted by Gasteiger charge is -2.36. The van der Waals surface area contributed by atoms with Crippen LogP contribution in [0.1, 0.15) is 20.3 Å². The SMILES string of the molecule is CCC(C)C(N)C(=O)N1CCN(c2ncccn2)CC1.Cl. The summed E-state index contributed by atoms with van der Waals surface area (Å²) in [6.07, 6.45) is 4.39. The third-order valence-electron chi connectivity index (χ3n) is 3.97. The molecule has 2 unspecified atom stereocenters. The Morgan fingerprint density at radius 3 is 2.38 bits per heavy atom. The first-order valence-corrected chi connectivity index (χ1v) is 7.19. The van der Waals surface area contributed by atoms with Crippen LogP contribution in [0.3, 0.4) is 0 Å². The highest BCUT2D eigenvalue weighted by molar-refractivity contribution is 5.85. The molecule has 1 amide bonds. The molecule has 0 aromatic carbocycles. The summed E-state index contributed by atoms with van der Waals surface area (Å²) >= 11 is 0. The van der Waals surface area contributed by atoms with E-state index >= 15 is 0 Å². The summed E-state index contributed by atoms with van der Waals surface area (Å²) in [7, 11) is 0. The minimum Gasteiger partial charge on any atom is -0.338 e. The Bertz CT molecular complexity index is 436. The lowest BCUT2D eigenvalue weighted by Crippen LogP contribution is -2.54. The Kier molecular flexibility index (Phi) is 6.84. The number of amides is 1. The molecule has 1 saturated heterocycles. The first-order valence-electron chi connectivity index (χ1n) is 7.19. The van der Waals surface area contributed by atoms with Crippen molar-refractivity contribution in [3.8, 4) is 0 Å². The highest BCUT2D eigenvalue weighted by atomic mass is 35.5. The molecule has 7 heteroatoms. The molecule has 118 valence electrons. The van der Waals surface area contributed by atoms with Gasteiger partial charge in [0.25, 0.3) is 0 Å². The number of carbonyl (C=O) groups is 1. The van der Waals surface area contributed by atoms with Crippen molar-refractivity contribution in [3.05, 3.63) is 18.5 Å². The second-order valence-corrected chi connectivity index (χ2v) is 5.27. The average molecular weight is 314 g/mol. The summed E-state index contributed by atoms with van der Waals surface area (Å²) in [6, 6.07) is 1.41. The van der Waals surface area contributed by atoms with Crippen molar-refractivity contribution in [2.24, 2.45) is 11.7 Å². The van der Waals surface area contributed by atoms with Crippen molar-refractivity contribution in [1.29, 1.82) is 0 Å². The fourth-order valence-corrected chi connectivity index (χ4v) is 2.29. The Hall–Kier alpha value is -1.40. The van der Waals surface area contributed by atoms with Gasteiger partial charge in [0.05, 0.1) is 6.04 Å². The van der Waals surface area contributed by atoms with Crippen LogP contribution in [0, 0.1) is 5.92 Å². The van der Waals surface area contributed by atoms with Crippen molar-refractivity contribution < 1.29 is 4.79 Å². The fraction of sp³-hybridized carbons (Fsp3) is 0.643. The second kappa shape index (κ2) is 8.14. The van der Waals surface area contributed by atoms with E-state index in [1.165, 1.54) is 0 Å². The smallest absolute Gasteiger partial charge is 0.239 e. The number of anilines is 1. The number of aromatic nitrogens is 2. The normalized spacial score (nSPS) is 17.9. The lowest BCUT2D eigenvalue weighted by molar-refractivity contribution is -0.134. The van der Waals surface area contributed by atoms with Crippen LogP contribution in [-0.2, 0) is 4.79 Å². The molecule has 2 N–H and O–H groups in total. The number of piperazine rings is 1. The fourth-order valence-electron chi connectivity index (χ4n) is 2.29. The summed E-state index contributed by atoms with van der Waals surface area (Å²) in [5, 5.41) is 0. The topological polar surface area (TPSA) is 75.4 Å². The van der Waals surface area contributed by atoms with Crippen LogP contribution in [0.15, 0.2) is 18.5 Å². The first kappa shape index (κ1) is 17.7. The maximum atomic E-state index is 12.3. The summed E-state index contributed by atoms with van der Waals surface area (Å²) in [4.78, 5) is 24.7. The second-order valence-electron chi connectivity index (χ2n) is 5.27. The zero-order chi connectivity index (χ0) is 14.5. The molecule has 0 saturated carbocycles. The summed E-state index contributed by atoms with van der Waals surface area (Å²) < 4.78 is 0. The third-order valence-corrected chi connectivity index (χ3v) is 3.97. The molecule has 1 aliphatic rings. The van der Waals surface area contributed by atoms with Crippen LogP contribution in [0.4, 0.5) is 5.95 Å². The van der Waals surface area contributed by atoms with Gasteiger partial charge in [-0.1, -0.05) is 20.3 Å². The first-order chi connectivity index (χ1) is 9.63. The molecule has 0 aliphatic carbocycles. The molecule has 0 bridgehead atoms. The predicted octanol–water partition coefficient (Wildman–Crippen LogP) is 0.920. The maximum absolute atomic E-state index is 12.3. The lowest BCUT2D eigenvalue weighted by atomic mass is 9.98. The van der Waals surface area contributed by atoms with Crippen molar-refractivity contribution in [2.45, 2.75) is 26.3 Å². The Labute approximate surface area is 132 Å². The van der Waals surface area contributed by atoms with Gasteiger partial charge in [0.15, 0.2) is 0 Å². The van der Waals surface area contributed by atoms with Gasteiger partial charge in [-0.2, -0.15) is 0 Å². The van der Waals surface area contributed by atoms with Crippen molar-refractivity contribution >= 4 is 24.3 Å². The van der Waals surface area contributed by atoms with E-state index in [0.29, 0.717) is 13.1 Å². The van der Waals surface area contributed by atoms with Gasteiger partial charge >= 0.3 is 0 Å². The highest BCUT2D eigenvalue weighted by Crippen LogP contribution is 2.13. The van der Waals surface area contributed by atoms with Crippen LogP contribution in [0.2, 0.25) is 0 Å². The minimum atomic E-state index is -0.389. The van der Waals surface area contributed by atoms with Gasteiger partial charge in [-0.3, -0.25) is 4.79 Å². The van der Waals surface area contributed by atoms with E-state index in [1.54, 1.807) is 18.5 Å². The van der Waals surface area contributed by atoms with E-state index in [4.69, 9.17) is 5.73 Å². The van der Waals surface area contributed by atoms with Crippen molar-refractivity contribution in [1.82, 2.24) is 14.9 Å². The molecule has 0 spiro atoms. The van der Waals surface area contributed by atoms with E-state index in [0.717, 1.165) is 25.5 Å². The number of rotatable bonds is 4. The molecule has 2 rings (SSSR count). The summed E-state index contributed by atoms with van der Waals surface area (Å²) in [5.41, 5.74) is 6.02. The number of hydrogen-bond donors (Lipinski definition) is 1. The number of nitrogens with zero attached hydrogens (tertiary/aromatic N) is 4. The molecule has 1 aromatic rings. The highest BCUT2D eigenvalue weighted by Gasteiger charge is 2.28. The average Bonchev–Trinajstić information content (AvgIpc) is 2.53. The van der Waals surface area contributed by atoms with Crippen LogP contribution in [0.5, 0.6) is 0 Å². The monoisotopic (exact) mass is 313 g/mol. The molecule has 1 aliphatic heterocycles. The maximum Gasteiger partial charge on any atom is 0.239 e. The molecule has 0 radical (unpaired) electrons. The van der Waals surface area contributed by atoms with Crippen LogP contribution >= 0.6 is 12.4 Å². The van der Waals surface area contributed by atoms with E-state index in [-0.39, 0.29) is 30.3 Å². The van der Waals surface area contributed by atoms with Gasteiger partial charge < -0.3 is 15.5 Å². The molecule has 1 aromatic heterocycles. The Morgan fingerprint density at radius 1 is 1.29 bits per heavy atom. The van der Waals surface area contributed by atoms with E-state index in [2.05, 4.69) is 21.8 Å². The van der Waals surface area contributed by atoms with Gasteiger partial charge in [0, 0.05) is 38.6 Å². The summed E-state index contributed by atoms with van der Waals surface area (Å²) in [5.74, 6) is 1.01. The van der Waals surface area contributed by atoms with E-state index in [9.17, 15) is 4.79 Å². The van der Waals surface area contributed by atoms with Gasteiger partial charge in [-0.05, 0) is 12.0 Å². The molecule has 2 atom stereocenters. The Morgan fingerprint density at radius 2 is 1.86 bits per heavy atom. The zero-order valence-electron chi connectivity index (χ0n) is 12.6. The molecule has 1 fully saturated rings. The number of hydrogen-bond acceptors (Lipinski definition) is 5. The molecular formula is C14H24ClN5O. The molecular weight excluding hydrogens is 290 g/mol. The zero-order valence-corrected chi connectivity index (χ0v) is 13.4. The number of carbonyl (C=O) groups excluding carboxylic acids is 1. The molecule has 21 heavy (non-hydrogen) atoms. The predicted molar refractivity (Wildman–Crippen MR) is 85.5 cm³/mol. The molecule has 6 nitrogen and oxygen atoms in total. The van der Waals surface area contributed by atoms with Crippen molar-refractivity contribution in [2.75, 3.05) is 31.1 Å². The standard InChI is InChI=1S/C14H23N5O.ClH/c1-3-11(2)12(15)13(20)18-7-9-19(10-8-18)14-16-5-4-6-17-14;/h4-6,11-12H,3,7-10,15H2,1-2H3;1H. The van der Waals surface area contributed by atoms with Gasteiger partial charge in [0.1, 0.15) is 0 Å². The van der Waals surface area contributed by atoms with Crippen LogP contribution < -0.4 is 10.6 Å². The minimum absolute atomic E-state index is 0. The van der Waals surface area contributed by atoms with E-state index in [1.807, 2.05) is 11.8 Å². The molecule has 2 heterocycles. The van der Waals surface area contributed by atoms with Crippen molar-refractivity contribution in [3.63, 3.8) is 0 Å². The van der Waals surface area contributed by atoms with E-state index < -0.39 is 0 Å².